The van der Waals surface area contributed by atoms with Crippen molar-refractivity contribution >= 4 is 71.5 Å². The van der Waals surface area contributed by atoms with E-state index in [9.17, 15) is 19.7 Å². The largest absolute Gasteiger partial charge is 0.387 e. The van der Waals surface area contributed by atoms with Crippen molar-refractivity contribution in [1.82, 2.24) is 39.0 Å². The fraction of sp³-hybridized carbons (Fsp3) is 0.500. The van der Waals surface area contributed by atoms with Crippen LogP contribution in [0.3, 0.4) is 0 Å². The van der Waals surface area contributed by atoms with Crippen molar-refractivity contribution in [3.63, 3.8) is 0 Å². The summed E-state index contributed by atoms with van der Waals surface area (Å²) in [4.78, 5) is 35.6. The molecular weight excluding hydrogens is 666 g/mol. The zero-order chi connectivity index (χ0) is 31.0. The summed E-state index contributed by atoms with van der Waals surface area (Å²) >= 11 is 9.35. The molecule has 3 saturated heterocycles. The van der Waals surface area contributed by atoms with Gasteiger partial charge in [0.1, 0.15) is 60.3 Å². The molecule has 3 fully saturated rings. The molecule has 4 bridgehead atoms. The highest BCUT2D eigenvalue weighted by Gasteiger charge is 2.53. The number of aromatic nitrogens is 8. The fourth-order valence-electron chi connectivity index (χ4n) is 5.20. The maximum atomic E-state index is 13.5. The van der Waals surface area contributed by atoms with Crippen molar-refractivity contribution in [3.05, 3.63) is 25.3 Å². The first-order chi connectivity index (χ1) is 20.9. The normalized spacial score (nSPS) is 38.3. The van der Waals surface area contributed by atoms with Gasteiger partial charge in [0.05, 0.1) is 25.9 Å². The molecule has 10 atom stereocenters. The lowest BCUT2D eigenvalue weighted by atomic mass is 10.1. The molecule has 7 rings (SSSR count). The Morgan fingerprint density at radius 1 is 0.818 bits per heavy atom. The van der Waals surface area contributed by atoms with Crippen LogP contribution >= 0.6 is 25.8 Å². The van der Waals surface area contributed by atoms with Crippen molar-refractivity contribution in [1.29, 1.82) is 0 Å². The summed E-state index contributed by atoms with van der Waals surface area (Å²) in [6.45, 7) is -9.50. The van der Waals surface area contributed by atoms with Gasteiger partial charge in [-0.05, 0) is 11.8 Å². The number of anilines is 2. The molecule has 2 unspecified atom stereocenters. The van der Waals surface area contributed by atoms with E-state index in [0.717, 1.165) is 0 Å². The highest BCUT2D eigenvalue weighted by Crippen LogP contribution is 2.58. The number of fused-ring (bicyclic) bond motifs is 6. The lowest BCUT2D eigenvalue weighted by Gasteiger charge is -2.27. The Bertz CT molecular complexity index is 1700. The molecule has 0 aromatic carbocycles. The Morgan fingerprint density at radius 3 is 1.82 bits per heavy atom. The molecule has 0 spiro atoms. The SMILES string of the molecule is Nc1ncnc2c1ncn2[C@@H]1O[C@@H]2COP(O)(=S)O[C@@H]3[C@H](O)[C@@H](COP(=O)(S)O[C@@H]1[C@@H]2O)O[C@H]3n1cnc2c(N)ncnc21. The van der Waals surface area contributed by atoms with Crippen LogP contribution in [0.25, 0.3) is 22.3 Å². The molecule has 0 aliphatic carbocycles. The monoisotopic (exact) mass is 690 g/mol. The van der Waals surface area contributed by atoms with Gasteiger partial charge in [-0.3, -0.25) is 22.7 Å². The number of thiol groups is 1. The highest BCUT2D eigenvalue weighted by atomic mass is 32.7. The standard InChI is InChI=1S/C20H24N10O10P2S2/c21-15-9-17(25-3-23-15)29(5-27-9)19-13-11(31)7(37-19)1-35-41(33,43)39-14-12(32)8(2-36-42(34,44)40-13)38-20(14)30-6-28-10-16(22)24-4-26-18(10)30/h3-8,11-14,19-20,31-32H,1-2H2,(H,33,43)(H,34,44)(H2,21,23,25)(H2,22,24,26)/t7-,8-,11-,12-,13-,14-,19-,20-,41?,42?/m1/s1. The fourth-order valence-corrected chi connectivity index (χ4v) is 8.08. The minimum absolute atomic E-state index is 0.0934. The molecule has 7 heterocycles. The number of nitrogens with two attached hydrogens (primary N) is 2. The maximum absolute atomic E-state index is 13.5. The van der Waals surface area contributed by atoms with E-state index < -0.39 is 75.8 Å². The third-order valence-corrected chi connectivity index (χ3v) is 10.4. The molecular formula is C20H24N10O10P2S2. The third-order valence-electron chi connectivity index (χ3n) is 7.26. The number of imidazole rings is 2. The number of ether oxygens (including phenoxy) is 2. The number of hydrogen-bond donors (Lipinski definition) is 6. The van der Waals surface area contributed by atoms with Gasteiger partial charge in [-0.2, -0.15) is 0 Å². The van der Waals surface area contributed by atoms with Crippen molar-refractivity contribution in [2.45, 2.75) is 49.1 Å². The molecule has 4 aromatic rings. The molecule has 0 radical (unpaired) electrons. The Balaban J connectivity index is 1.22. The van der Waals surface area contributed by atoms with E-state index in [0.29, 0.717) is 0 Å². The van der Waals surface area contributed by atoms with Gasteiger partial charge < -0.3 is 40.6 Å². The van der Waals surface area contributed by atoms with Crippen molar-refractivity contribution in [3.8, 4) is 0 Å². The summed E-state index contributed by atoms with van der Waals surface area (Å²) in [5, 5.41) is 22.4. The van der Waals surface area contributed by atoms with Crippen LogP contribution in [0.2, 0.25) is 0 Å². The summed E-state index contributed by atoms with van der Waals surface area (Å²) < 4.78 is 50.9. The lowest BCUT2D eigenvalue weighted by Crippen LogP contribution is -2.37. The maximum Gasteiger partial charge on any atom is 0.386 e. The second-order valence-corrected chi connectivity index (χ2v) is 15.6. The van der Waals surface area contributed by atoms with Crippen LogP contribution in [-0.4, -0.2) is 104 Å². The summed E-state index contributed by atoms with van der Waals surface area (Å²) in [6.07, 6.45) is -5.49. The number of rotatable bonds is 2. The van der Waals surface area contributed by atoms with Crippen LogP contribution in [0.4, 0.5) is 11.6 Å². The minimum atomic E-state index is -4.29. The number of nitrogen functional groups attached to an aromatic ring is 2. The van der Waals surface area contributed by atoms with E-state index >= 15 is 0 Å². The van der Waals surface area contributed by atoms with Crippen LogP contribution in [0.5, 0.6) is 0 Å². The number of aliphatic hydroxyl groups excluding tert-OH is 2. The van der Waals surface area contributed by atoms with Gasteiger partial charge in [0.15, 0.2) is 35.4 Å². The second-order valence-electron chi connectivity index (χ2n) is 9.95. The molecule has 24 heteroatoms. The first kappa shape index (κ1) is 30.2. The van der Waals surface area contributed by atoms with Gasteiger partial charge >= 0.3 is 13.5 Å². The first-order valence-electron chi connectivity index (χ1n) is 12.8. The van der Waals surface area contributed by atoms with Crippen LogP contribution < -0.4 is 11.5 Å². The number of nitrogens with zero attached hydrogens (tertiary/aromatic N) is 8. The Hall–Kier alpha value is -2.43. The minimum Gasteiger partial charge on any atom is -0.387 e. The van der Waals surface area contributed by atoms with Gasteiger partial charge in [-0.15, -0.1) is 0 Å². The van der Waals surface area contributed by atoms with E-state index in [2.05, 4.69) is 42.2 Å². The average molecular weight is 691 g/mol. The zero-order valence-corrected chi connectivity index (χ0v) is 25.5. The Kier molecular flexibility index (Phi) is 7.64. The third kappa shape index (κ3) is 5.28. The summed E-state index contributed by atoms with van der Waals surface area (Å²) in [7, 11) is 0. The highest BCUT2D eigenvalue weighted by molar-refractivity contribution is 8.44. The van der Waals surface area contributed by atoms with E-state index in [-0.39, 0.29) is 34.0 Å². The Morgan fingerprint density at radius 2 is 1.30 bits per heavy atom. The van der Waals surface area contributed by atoms with Crippen LogP contribution in [-0.2, 0) is 43.9 Å². The van der Waals surface area contributed by atoms with E-state index in [1.54, 1.807) is 0 Å². The van der Waals surface area contributed by atoms with Crippen molar-refractivity contribution in [2.24, 2.45) is 0 Å². The van der Waals surface area contributed by atoms with Crippen LogP contribution in [0.15, 0.2) is 25.3 Å². The Labute approximate surface area is 256 Å². The molecule has 7 N–H and O–H groups in total. The predicted molar refractivity (Wildman–Crippen MR) is 154 cm³/mol. The van der Waals surface area contributed by atoms with Gasteiger partial charge in [-0.25, -0.2) is 34.5 Å². The van der Waals surface area contributed by atoms with E-state index in [1.165, 1.54) is 34.4 Å². The van der Waals surface area contributed by atoms with E-state index in [4.69, 9.17) is 50.8 Å². The van der Waals surface area contributed by atoms with Crippen LogP contribution in [0, 0.1) is 0 Å². The summed E-state index contributed by atoms with van der Waals surface area (Å²) in [6, 6.07) is 0. The second kappa shape index (κ2) is 11.1. The summed E-state index contributed by atoms with van der Waals surface area (Å²) in [5.74, 6) is 0.189. The zero-order valence-electron chi connectivity index (χ0n) is 22.0. The quantitative estimate of drug-likeness (QED) is 0.113. The van der Waals surface area contributed by atoms with Crippen molar-refractivity contribution in [2.75, 3.05) is 24.7 Å². The van der Waals surface area contributed by atoms with E-state index in [1.807, 2.05) is 0 Å². The first-order valence-corrected chi connectivity index (χ1v) is 18.1. The molecule has 0 amide bonds. The van der Waals surface area contributed by atoms with Gasteiger partial charge in [0.25, 0.3) is 0 Å². The number of hydrogen-bond acceptors (Lipinski definition) is 18. The molecule has 20 nitrogen and oxygen atoms in total. The molecule has 3 aliphatic rings. The van der Waals surface area contributed by atoms with Crippen LogP contribution in [0.1, 0.15) is 12.5 Å². The number of aliphatic hydroxyl groups is 2. The van der Waals surface area contributed by atoms with Gasteiger partial charge in [0, 0.05) is 0 Å². The molecule has 236 valence electrons. The molecule has 3 aliphatic heterocycles. The van der Waals surface area contributed by atoms with Gasteiger partial charge in [-0.1, -0.05) is 12.2 Å². The smallest absolute Gasteiger partial charge is 0.386 e. The topological polar surface area (TPSA) is 272 Å². The predicted octanol–water partition coefficient (Wildman–Crippen LogP) is -0.581. The average Bonchev–Trinajstić information content (AvgIpc) is 3.73. The molecule has 4 aromatic heterocycles. The molecule has 0 saturated carbocycles. The van der Waals surface area contributed by atoms with Gasteiger partial charge in [0.2, 0.25) is 0 Å². The van der Waals surface area contributed by atoms with Crippen molar-refractivity contribution < 1.29 is 47.2 Å². The summed E-state index contributed by atoms with van der Waals surface area (Å²) in [5.41, 5.74) is 12.8. The molecule has 44 heavy (non-hydrogen) atoms. The lowest BCUT2D eigenvalue weighted by molar-refractivity contribution is -0.0600.